The Kier molecular flexibility index (Phi) is 3.77. The molecule has 6 heteroatoms. The van der Waals surface area contributed by atoms with E-state index in [1.54, 1.807) is 13.8 Å². The van der Waals surface area contributed by atoms with Crippen LogP contribution >= 0.6 is 0 Å². The van der Waals surface area contributed by atoms with E-state index >= 15 is 0 Å². The van der Waals surface area contributed by atoms with Crippen LogP contribution in [0.15, 0.2) is 23.3 Å². The lowest BCUT2D eigenvalue weighted by Crippen LogP contribution is -2.52. The minimum absolute atomic E-state index is 0.199. The molecule has 0 aromatic rings. The molecule has 4 rings (SSSR count). The quantitative estimate of drug-likeness (QED) is 0.742. The van der Waals surface area contributed by atoms with Gasteiger partial charge in [0, 0.05) is 0 Å². The van der Waals surface area contributed by atoms with Crippen LogP contribution in [0.3, 0.4) is 0 Å². The third kappa shape index (κ3) is 2.39. The van der Waals surface area contributed by atoms with Gasteiger partial charge < -0.3 is 9.47 Å². The lowest BCUT2D eigenvalue weighted by Gasteiger charge is -2.32. The van der Waals surface area contributed by atoms with Crippen LogP contribution in [-0.2, 0) is 9.47 Å². The first kappa shape index (κ1) is 15.5. The number of carbonyl (C=O) groups is 2. The lowest BCUT2D eigenvalue weighted by molar-refractivity contribution is -0.0130. The number of allylic oxidation sites excluding steroid dienone is 1. The maximum Gasteiger partial charge on any atom is 0.429 e. The van der Waals surface area contributed by atoms with Gasteiger partial charge in [0.1, 0.15) is 0 Å². The normalized spacial score (nSPS) is 27.7. The summed E-state index contributed by atoms with van der Waals surface area (Å²) in [6, 6.07) is -0.399. The van der Waals surface area contributed by atoms with Crippen LogP contribution in [0.5, 0.6) is 0 Å². The Hall–Kier alpha value is -1.98. The first-order valence-corrected chi connectivity index (χ1v) is 9.01. The third-order valence-corrected chi connectivity index (χ3v) is 5.15. The second-order valence-electron chi connectivity index (χ2n) is 6.82. The number of fused-ring (bicyclic) bond motifs is 2. The summed E-state index contributed by atoms with van der Waals surface area (Å²) in [5.41, 5.74) is 2.72. The van der Waals surface area contributed by atoms with Crippen molar-refractivity contribution >= 4 is 12.2 Å². The van der Waals surface area contributed by atoms with E-state index in [2.05, 4.69) is 0 Å². The van der Waals surface area contributed by atoms with Gasteiger partial charge >= 0.3 is 12.2 Å². The van der Waals surface area contributed by atoms with Gasteiger partial charge in [-0.2, -0.15) is 0 Å². The van der Waals surface area contributed by atoms with Crippen molar-refractivity contribution in [3.8, 4) is 0 Å². The van der Waals surface area contributed by atoms with Gasteiger partial charge in [-0.3, -0.25) is 0 Å². The van der Waals surface area contributed by atoms with Crippen LogP contribution < -0.4 is 0 Å². The molecule has 0 unspecified atom stereocenters. The third-order valence-electron chi connectivity index (χ3n) is 5.15. The van der Waals surface area contributed by atoms with Crippen molar-refractivity contribution in [1.82, 2.24) is 10.0 Å². The van der Waals surface area contributed by atoms with Crippen molar-refractivity contribution in [2.75, 3.05) is 13.2 Å². The summed E-state index contributed by atoms with van der Waals surface area (Å²) < 4.78 is 10.4. The zero-order valence-corrected chi connectivity index (χ0v) is 14.2. The molecule has 1 aliphatic heterocycles. The van der Waals surface area contributed by atoms with Crippen LogP contribution in [0.2, 0.25) is 0 Å². The molecule has 130 valence electrons. The zero-order chi connectivity index (χ0) is 16.8. The summed E-state index contributed by atoms with van der Waals surface area (Å²) in [7, 11) is 0. The van der Waals surface area contributed by atoms with E-state index in [9.17, 15) is 9.59 Å². The number of carbonyl (C=O) groups excluding carboxylic acids is 2. The lowest BCUT2D eigenvalue weighted by atomic mass is 9.94. The standard InChI is InChI=1S/C18H24N2O4/c1-3-23-17(21)19-13-9-10-14(20(19)18(22)24-4-2)16(13)15(11-5-6-11)12-7-8-12/h9-14H,3-8H2,1-2H3/t13-,14+. The molecule has 0 radical (unpaired) electrons. The average molecular weight is 332 g/mol. The molecular weight excluding hydrogens is 308 g/mol. The Balaban J connectivity index is 1.73. The Morgan fingerprint density at radius 2 is 1.33 bits per heavy atom. The van der Waals surface area contributed by atoms with Crippen molar-refractivity contribution in [1.29, 1.82) is 0 Å². The Morgan fingerprint density at radius 1 is 0.917 bits per heavy atom. The predicted molar refractivity (Wildman–Crippen MR) is 86.9 cm³/mol. The average Bonchev–Trinajstić information content (AvgIpc) is 3.47. The Bertz CT molecular complexity index is 569. The van der Waals surface area contributed by atoms with Gasteiger partial charge in [0.2, 0.25) is 0 Å². The van der Waals surface area contributed by atoms with Gasteiger partial charge in [-0.05, 0) is 56.9 Å². The highest BCUT2D eigenvalue weighted by atomic mass is 16.6. The van der Waals surface area contributed by atoms with Gasteiger partial charge in [0.15, 0.2) is 0 Å². The molecular formula is C18H24N2O4. The summed E-state index contributed by atoms with van der Waals surface area (Å²) in [5, 5.41) is 2.90. The van der Waals surface area contributed by atoms with E-state index < -0.39 is 12.2 Å². The molecule has 0 spiro atoms. The van der Waals surface area contributed by atoms with Gasteiger partial charge in [-0.1, -0.05) is 17.7 Å². The fourth-order valence-corrected chi connectivity index (χ4v) is 4.00. The van der Waals surface area contributed by atoms with Crippen molar-refractivity contribution < 1.29 is 19.1 Å². The van der Waals surface area contributed by atoms with Crippen LogP contribution in [0.4, 0.5) is 9.59 Å². The van der Waals surface area contributed by atoms with E-state index in [0.29, 0.717) is 11.8 Å². The molecule has 0 N–H and O–H groups in total. The molecule has 1 heterocycles. The fraction of sp³-hybridized carbons (Fsp3) is 0.667. The van der Waals surface area contributed by atoms with E-state index in [4.69, 9.17) is 9.47 Å². The first-order chi connectivity index (χ1) is 11.7. The highest BCUT2D eigenvalue weighted by Gasteiger charge is 2.54. The summed E-state index contributed by atoms with van der Waals surface area (Å²) in [6.45, 7) is 4.11. The maximum atomic E-state index is 12.5. The zero-order valence-electron chi connectivity index (χ0n) is 14.2. The molecule has 3 aliphatic carbocycles. The van der Waals surface area contributed by atoms with Crippen molar-refractivity contribution in [2.45, 2.75) is 51.6 Å². The van der Waals surface area contributed by atoms with Gasteiger partial charge in [0.05, 0.1) is 25.3 Å². The molecule has 4 aliphatic rings. The van der Waals surface area contributed by atoms with Crippen LogP contribution in [0, 0.1) is 11.8 Å². The van der Waals surface area contributed by atoms with E-state index in [1.165, 1.54) is 46.8 Å². The second-order valence-corrected chi connectivity index (χ2v) is 6.82. The first-order valence-electron chi connectivity index (χ1n) is 9.01. The largest absolute Gasteiger partial charge is 0.448 e. The number of amides is 2. The number of nitrogens with zero attached hydrogens (tertiary/aromatic N) is 2. The summed E-state index contributed by atoms with van der Waals surface area (Å²) in [5.74, 6) is 1.28. The molecule has 24 heavy (non-hydrogen) atoms. The second kappa shape index (κ2) is 5.83. The van der Waals surface area contributed by atoms with Gasteiger partial charge in [-0.15, -0.1) is 0 Å². The van der Waals surface area contributed by atoms with Crippen molar-refractivity contribution in [2.24, 2.45) is 11.8 Å². The van der Waals surface area contributed by atoms with E-state index in [1.807, 2.05) is 12.2 Å². The van der Waals surface area contributed by atoms with Crippen molar-refractivity contribution in [3.05, 3.63) is 23.3 Å². The predicted octanol–water partition coefficient (Wildman–Crippen LogP) is 3.26. The van der Waals surface area contributed by atoms with Gasteiger partial charge in [-0.25, -0.2) is 19.6 Å². The van der Waals surface area contributed by atoms with Gasteiger partial charge in [0.25, 0.3) is 0 Å². The SMILES string of the molecule is CCOC(=O)N1[C@@H]2C=C[C@@H](C2=C(C2CC2)C2CC2)N1C(=O)OCC. The highest BCUT2D eigenvalue weighted by Crippen LogP contribution is 2.54. The molecule has 2 amide bonds. The summed E-state index contributed by atoms with van der Waals surface area (Å²) in [6.07, 6.45) is 8.01. The molecule has 1 saturated heterocycles. The Labute approximate surface area is 142 Å². The molecule has 0 aromatic carbocycles. The summed E-state index contributed by atoms with van der Waals surface area (Å²) in [4.78, 5) is 25.0. The molecule has 2 saturated carbocycles. The maximum absolute atomic E-state index is 12.5. The molecule has 3 fully saturated rings. The van der Waals surface area contributed by atoms with Crippen LogP contribution in [0.1, 0.15) is 39.5 Å². The summed E-state index contributed by atoms with van der Waals surface area (Å²) >= 11 is 0. The number of hydrazine groups is 1. The minimum atomic E-state index is -0.481. The number of rotatable bonds is 4. The molecule has 2 atom stereocenters. The fourth-order valence-electron chi connectivity index (χ4n) is 4.00. The molecule has 2 bridgehead atoms. The molecule has 6 nitrogen and oxygen atoms in total. The number of hydrogen-bond donors (Lipinski definition) is 0. The van der Waals surface area contributed by atoms with E-state index in [0.717, 1.165) is 0 Å². The Morgan fingerprint density at radius 3 is 1.67 bits per heavy atom. The monoisotopic (exact) mass is 332 g/mol. The van der Waals surface area contributed by atoms with Crippen molar-refractivity contribution in [3.63, 3.8) is 0 Å². The minimum Gasteiger partial charge on any atom is -0.448 e. The number of ether oxygens (including phenoxy) is 2. The smallest absolute Gasteiger partial charge is 0.429 e. The topological polar surface area (TPSA) is 59.1 Å². The van der Waals surface area contributed by atoms with Crippen LogP contribution in [-0.4, -0.2) is 47.5 Å². The number of hydrogen-bond acceptors (Lipinski definition) is 4. The van der Waals surface area contributed by atoms with Crippen LogP contribution in [0.25, 0.3) is 0 Å². The van der Waals surface area contributed by atoms with E-state index in [-0.39, 0.29) is 25.3 Å². The molecule has 0 aromatic heterocycles. The highest BCUT2D eigenvalue weighted by molar-refractivity contribution is 5.79.